The number of fused-ring (bicyclic) bond motifs is 6. The zero-order valence-corrected chi connectivity index (χ0v) is 37.0. The predicted octanol–water partition coefficient (Wildman–Crippen LogP) is 18.4. The first-order valence-corrected chi connectivity index (χ1v) is 23.3. The summed E-state index contributed by atoms with van der Waals surface area (Å²) in [6, 6.07) is 77.1. The van der Waals surface area contributed by atoms with Gasteiger partial charge in [0.15, 0.2) is 0 Å². The zero-order chi connectivity index (χ0) is 43.0. The Labute approximate surface area is 382 Å². The number of rotatable bonds is 10. The molecule has 304 valence electrons. The average molecular weight is 854 g/mol. The van der Waals surface area contributed by atoms with Crippen LogP contribution in [0.4, 0.5) is 11.4 Å². The Hall–Kier alpha value is -7.56. The van der Waals surface area contributed by atoms with Crippen LogP contribution in [0, 0.1) is 0 Å². The second-order valence-corrected chi connectivity index (χ2v) is 18.3. The second-order valence-electron chi connectivity index (χ2n) is 16.2. The SMILES string of the molecule is C=C/C(=C\C=C(/C)N(c1ccc(-c2ccc3sc4ccccc4c3c2)cc1)c1ccc(-c2cccc3c2sc2ccccc23)cc1)c1cc(-c2ccccc2)cc(-c2ccccc2)c1. The molecule has 0 aliphatic rings. The van der Waals surface area contributed by atoms with Gasteiger partial charge in [0.25, 0.3) is 0 Å². The normalized spacial score (nSPS) is 12.1. The van der Waals surface area contributed by atoms with Crippen LogP contribution < -0.4 is 4.90 Å². The standard InChI is InChI=1S/C61H43NS2/c1-3-42(48-37-49(43-15-6-4-7-16-43)39-50(38-48)44-17-8-5-9-18-44)26-25-41(2)62(51-32-27-45(28-33-51)47-31-36-60-57(40-47)55-20-11-12-23-58(55)63-60)52-34-29-46(30-35-52)53-21-14-22-56-54-19-10-13-24-59(54)64-61(53)56/h3-40H,1H2,2H3/b41-25+,42-26+. The van der Waals surface area contributed by atoms with Gasteiger partial charge in [-0.15, -0.1) is 22.7 Å². The summed E-state index contributed by atoms with van der Waals surface area (Å²) in [5.74, 6) is 0. The smallest absolute Gasteiger partial charge is 0.0458 e. The fourth-order valence-electron chi connectivity index (χ4n) is 8.99. The van der Waals surface area contributed by atoms with Gasteiger partial charge in [0.1, 0.15) is 0 Å². The monoisotopic (exact) mass is 853 g/mol. The Balaban J connectivity index is 0.993. The number of anilines is 2. The highest BCUT2D eigenvalue weighted by Gasteiger charge is 2.16. The van der Waals surface area contributed by atoms with E-state index in [4.69, 9.17) is 0 Å². The summed E-state index contributed by atoms with van der Waals surface area (Å²) in [4.78, 5) is 2.36. The molecule has 2 aromatic heterocycles. The van der Waals surface area contributed by atoms with E-state index in [1.54, 1.807) is 0 Å². The van der Waals surface area contributed by atoms with Crippen molar-refractivity contribution in [3.8, 4) is 44.5 Å². The van der Waals surface area contributed by atoms with Gasteiger partial charge in [-0.25, -0.2) is 0 Å². The number of hydrogen-bond acceptors (Lipinski definition) is 3. The van der Waals surface area contributed by atoms with Gasteiger partial charge in [-0.1, -0.05) is 164 Å². The summed E-state index contributed by atoms with van der Waals surface area (Å²) >= 11 is 3.73. The van der Waals surface area contributed by atoms with Crippen molar-refractivity contribution < 1.29 is 0 Å². The van der Waals surface area contributed by atoms with E-state index >= 15 is 0 Å². The molecule has 9 aromatic carbocycles. The molecule has 0 amide bonds. The Morgan fingerprint density at radius 2 is 0.922 bits per heavy atom. The third-order valence-corrected chi connectivity index (χ3v) is 14.6. The molecule has 0 saturated heterocycles. The number of nitrogens with zero attached hydrogens (tertiary/aromatic N) is 1. The number of thiophene rings is 2. The molecule has 0 aliphatic heterocycles. The molecule has 11 rings (SSSR count). The first-order chi connectivity index (χ1) is 31.6. The van der Waals surface area contributed by atoms with E-state index in [0.29, 0.717) is 0 Å². The highest BCUT2D eigenvalue weighted by atomic mass is 32.1. The third kappa shape index (κ3) is 7.45. The summed E-state index contributed by atoms with van der Waals surface area (Å²) in [5, 5.41) is 5.25. The van der Waals surface area contributed by atoms with Crippen LogP contribution in [0.2, 0.25) is 0 Å². The molecule has 0 unspecified atom stereocenters. The molecule has 2 heterocycles. The van der Waals surface area contributed by atoms with Crippen LogP contribution in [-0.2, 0) is 0 Å². The van der Waals surface area contributed by atoms with Crippen LogP contribution in [0.3, 0.4) is 0 Å². The van der Waals surface area contributed by atoms with Gasteiger partial charge in [0, 0.05) is 57.4 Å². The van der Waals surface area contributed by atoms with Gasteiger partial charge in [0.2, 0.25) is 0 Å². The van der Waals surface area contributed by atoms with Crippen LogP contribution in [0.15, 0.2) is 243 Å². The summed E-state index contributed by atoms with van der Waals surface area (Å²) < 4.78 is 5.28. The third-order valence-electron chi connectivity index (χ3n) is 12.2. The zero-order valence-electron chi connectivity index (χ0n) is 35.4. The molecule has 3 heteroatoms. The lowest BCUT2D eigenvalue weighted by atomic mass is 9.93. The maximum atomic E-state index is 4.32. The predicted molar refractivity (Wildman–Crippen MR) is 281 cm³/mol. The summed E-state index contributed by atoms with van der Waals surface area (Å²) in [7, 11) is 0. The van der Waals surface area contributed by atoms with Crippen molar-refractivity contribution in [1.29, 1.82) is 0 Å². The van der Waals surface area contributed by atoms with Gasteiger partial charge < -0.3 is 4.90 Å². The van der Waals surface area contributed by atoms with Gasteiger partial charge in [-0.2, -0.15) is 0 Å². The van der Waals surface area contributed by atoms with Gasteiger partial charge in [-0.05, 0) is 135 Å². The van der Waals surface area contributed by atoms with E-state index in [1.807, 2.05) is 28.7 Å². The molecule has 0 bridgehead atoms. The van der Waals surface area contributed by atoms with Gasteiger partial charge in [0.05, 0.1) is 0 Å². The van der Waals surface area contributed by atoms with Crippen molar-refractivity contribution in [3.63, 3.8) is 0 Å². The van der Waals surface area contributed by atoms with Crippen LogP contribution in [0.1, 0.15) is 12.5 Å². The van der Waals surface area contributed by atoms with E-state index in [2.05, 4.69) is 243 Å². The minimum atomic E-state index is 1.05. The van der Waals surface area contributed by atoms with Crippen LogP contribution >= 0.6 is 22.7 Å². The van der Waals surface area contributed by atoms with Crippen molar-refractivity contribution in [2.24, 2.45) is 0 Å². The molecule has 0 aliphatic carbocycles. The molecule has 0 saturated carbocycles. The largest absolute Gasteiger partial charge is 0.315 e. The van der Waals surface area contributed by atoms with E-state index in [-0.39, 0.29) is 0 Å². The Morgan fingerprint density at radius 3 is 1.56 bits per heavy atom. The van der Waals surface area contributed by atoms with Crippen LogP contribution in [-0.4, -0.2) is 0 Å². The quantitative estimate of drug-likeness (QED) is 0.124. The molecule has 0 N–H and O–H groups in total. The lowest BCUT2D eigenvalue weighted by Gasteiger charge is -2.26. The second kappa shape index (κ2) is 17.0. The van der Waals surface area contributed by atoms with Crippen LogP contribution in [0.5, 0.6) is 0 Å². The molecular formula is C61H43NS2. The highest BCUT2D eigenvalue weighted by Crippen LogP contribution is 2.42. The van der Waals surface area contributed by atoms with Crippen LogP contribution in [0.25, 0.3) is 90.4 Å². The van der Waals surface area contributed by atoms with E-state index in [9.17, 15) is 0 Å². The highest BCUT2D eigenvalue weighted by molar-refractivity contribution is 7.26. The van der Waals surface area contributed by atoms with Crippen molar-refractivity contribution in [2.75, 3.05) is 4.90 Å². The van der Waals surface area contributed by atoms with E-state index < -0.39 is 0 Å². The number of hydrogen-bond donors (Lipinski definition) is 0. The molecule has 0 fully saturated rings. The average Bonchev–Trinajstić information content (AvgIpc) is 3.94. The van der Waals surface area contributed by atoms with E-state index in [0.717, 1.165) is 28.2 Å². The van der Waals surface area contributed by atoms with E-state index in [1.165, 1.54) is 84.9 Å². The number of allylic oxidation sites excluding steroid dienone is 5. The molecule has 11 aromatic rings. The number of benzene rings is 9. The molecule has 0 radical (unpaired) electrons. The van der Waals surface area contributed by atoms with Gasteiger partial charge in [-0.3, -0.25) is 0 Å². The molecule has 64 heavy (non-hydrogen) atoms. The first-order valence-electron chi connectivity index (χ1n) is 21.7. The lowest BCUT2D eigenvalue weighted by molar-refractivity contribution is 1.16. The van der Waals surface area contributed by atoms with Gasteiger partial charge >= 0.3 is 0 Å². The molecule has 0 spiro atoms. The maximum Gasteiger partial charge on any atom is 0.0458 e. The first kappa shape index (κ1) is 39.3. The fraction of sp³-hybridized carbons (Fsp3) is 0.0164. The fourth-order valence-corrected chi connectivity index (χ4v) is 11.3. The summed E-state index contributed by atoms with van der Waals surface area (Å²) in [6.45, 7) is 6.51. The minimum Gasteiger partial charge on any atom is -0.315 e. The van der Waals surface area contributed by atoms with Crippen molar-refractivity contribution in [1.82, 2.24) is 0 Å². The molecule has 0 atom stereocenters. The maximum absolute atomic E-state index is 4.32. The Bertz CT molecular complexity index is 3490. The minimum absolute atomic E-state index is 1.05. The Kier molecular flexibility index (Phi) is 10.4. The van der Waals surface area contributed by atoms with Crippen molar-refractivity contribution in [3.05, 3.63) is 248 Å². The molecular weight excluding hydrogens is 811 g/mol. The molecule has 1 nitrogen and oxygen atoms in total. The van der Waals surface area contributed by atoms with Crippen molar-refractivity contribution in [2.45, 2.75) is 6.92 Å². The summed E-state index contributed by atoms with van der Waals surface area (Å²) in [5.41, 5.74) is 15.0. The topological polar surface area (TPSA) is 3.24 Å². The lowest BCUT2D eigenvalue weighted by Crippen LogP contribution is -2.14. The Morgan fingerprint density at radius 1 is 0.406 bits per heavy atom. The van der Waals surface area contributed by atoms with Crippen molar-refractivity contribution >= 4 is 80.0 Å². The summed E-state index contributed by atoms with van der Waals surface area (Å²) in [6.07, 6.45) is 6.40.